The van der Waals surface area contributed by atoms with Gasteiger partial charge in [0, 0.05) is 41.6 Å². The van der Waals surface area contributed by atoms with Gasteiger partial charge in [0.05, 0.1) is 6.54 Å². The fraction of sp³-hybridized carbons (Fsp3) is 0.400. The molecule has 2 aromatic carbocycles. The third-order valence-electron chi connectivity index (χ3n) is 6.01. The zero-order valence-electron chi connectivity index (χ0n) is 19.0. The number of benzene rings is 2. The second-order valence-electron chi connectivity index (χ2n) is 8.96. The van der Waals surface area contributed by atoms with Crippen LogP contribution in [0, 0.1) is 12.7 Å². The number of fused-ring (bicyclic) bond motifs is 1. The van der Waals surface area contributed by atoms with Gasteiger partial charge in [0.15, 0.2) is 10.9 Å². The molecular weight excluding hydrogens is 441 g/mol. The molecule has 2 heterocycles. The highest BCUT2D eigenvalue weighted by Gasteiger charge is 2.29. The Hall–Kier alpha value is -3.00. The van der Waals surface area contributed by atoms with Crippen molar-refractivity contribution in [1.82, 2.24) is 16.0 Å². The number of rotatable bonds is 6. The third kappa shape index (κ3) is 5.33. The molecule has 33 heavy (non-hydrogen) atoms. The van der Waals surface area contributed by atoms with E-state index in [0.717, 1.165) is 17.5 Å². The van der Waals surface area contributed by atoms with Gasteiger partial charge in [-0.25, -0.2) is 4.39 Å². The summed E-state index contributed by atoms with van der Waals surface area (Å²) in [5.74, 6) is 0.00873. The second-order valence-corrected chi connectivity index (χ2v) is 9.36. The number of halogens is 1. The van der Waals surface area contributed by atoms with E-state index < -0.39 is 5.82 Å². The Kier molecular flexibility index (Phi) is 6.65. The summed E-state index contributed by atoms with van der Waals surface area (Å²) in [4.78, 5) is 24.3. The van der Waals surface area contributed by atoms with Crippen LogP contribution < -0.4 is 20.7 Å². The summed E-state index contributed by atoms with van der Waals surface area (Å²) in [5, 5.41) is 9.80. The van der Waals surface area contributed by atoms with Gasteiger partial charge < -0.3 is 20.7 Å². The Balaban J connectivity index is 1.45. The van der Waals surface area contributed by atoms with Crippen molar-refractivity contribution in [1.29, 1.82) is 0 Å². The van der Waals surface area contributed by atoms with Gasteiger partial charge in [-0.1, -0.05) is 6.07 Å². The van der Waals surface area contributed by atoms with Crippen LogP contribution in [0.15, 0.2) is 30.3 Å². The molecule has 1 fully saturated rings. The van der Waals surface area contributed by atoms with Crippen molar-refractivity contribution >= 4 is 29.0 Å². The molecule has 1 amide bonds. The number of thiocarbonyl (C=S) groups is 1. The van der Waals surface area contributed by atoms with Crippen LogP contribution in [0.2, 0.25) is 0 Å². The number of nitrogens with one attached hydrogen (secondary N) is 3. The highest BCUT2D eigenvalue weighted by atomic mass is 32.1. The summed E-state index contributed by atoms with van der Waals surface area (Å²) in [5.41, 5.74) is 3.36. The van der Waals surface area contributed by atoms with E-state index in [9.17, 15) is 14.0 Å². The van der Waals surface area contributed by atoms with Crippen LogP contribution in [-0.4, -0.2) is 41.5 Å². The molecule has 6 nitrogen and oxygen atoms in total. The smallest absolute Gasteiger partial charge is 0.222 e. The number of Topliss-reactive ketones (excluding diaryl/α,β-unsaturated/α-hetero) is 1. The number of aryl methyl sites for hydroxylation is 1. The minimum Gasteiger partial charge on any atom is -0.487 e. The lowest BCUT2D eigenvalue weighted by Crippen LogP contribution is -2.54. The van der Waals surface area contributed by atoms with E-state index in [1.54, 1.807) is 6.07 Å². The van der Waals surface area contributed by atoms with Crippen LogP contribution in [0.25, 0.3) is 11.1 Å². The Labute approximate surface area is 198 Å². The summed E-state index contributed by atoms with van der Waals surface area (Å²) >= 11 is 5.18. The maximum absolute atomic E-state index is 14.7. The van der Waals surface area contributed by atoms with Crippen molar-refractivity contribution in [3.63, 3.8) is 0 Å². The van der Waals surface area contributed by atoms with Crippen molar-refractivity contribution in [2.45, 2.75) is 58.2 Å². The summed E-state index contributed by atoms with van der Waals surface area (Å²) in [7, 11) is 0. The van der Waals surface area contributed by atoms with Crippen molar-refractivity contribution in [3.8, 4) is 16.9 Å². The first-order chi connectivity index (χ1) is 15.7. The number of amides is 1. The third-order valence-corrected chi connectivity index (χ3v) is 6.25. The first kappa shape index (κ1) is 23.2. The number of hydrogen-bond donors (Lipinski definition) is 3. The SMILES string of the molecule is CC(=O)c1ccc(F)c(-c2cc(C)cc3c2OC(CNC(=O)C[C@@H]2C[C@@H](C)NC(=S)N2)C3)c1. The van der Waals surface area contributed by atoms with Crippen molar-refractivity contribution in [2.75, 3.05) is 6.54 Å². The number of ether oxygens (including phenoxy) is 1. The largest absolute Gasteiger partial charge is 0.487 e. The molecule has 0 aromatic heterocycles. The van der Waals surface area contributed by atoms with Crippen LogP contribution in [0.4, 0.5) is 4.39 Å². The Bertz CT molecular complexity index is 1120. The van der Waals surface area contributed by atoms with Crippen LogP contribution >= 0.6 is 12.2 Å². The van der Waals surface area contributed by atoms with Crippen LogP contribution in [0.3, 0.4) is 0 Å². The zero-order valence-corrected chi connectivity index (χ0v) is 19.8. The molecule has 8 heteroatoms. The van der Waals surface area contributed by atoms with Crippen molar-refractivity contribution in [3.05, 3.63) is 52.8 Å². The molecule has 0 radical (unpaired) electrons. The predicted molar refractivity (Wildman–Crippen MR) is 129 cm³/mol. The topological polar surface area (TPSA) is 79.5 Å². The minimum absolute atomic E-state index is 0.00113. The summed E-state index contributed by atoms with van der Waals surface area (Å²) < 4.78 is 20.9. The molecule has 174 valence electrons. The molecule has 3 atom stereocenters. The van der Waals surface area contributed by atoms with E-state index in [4.69, 9.17) is 17.0 Å². The zero-order chi connectivity index (χ0) is 23.7. The van der Waals surface area contributed by atoms with Gasteiger partial charge in [0.2, 0.25) is 5.91 Å². The lowest BCUT2D eigenvalue weighted by molar-refractivity contribution is -0.121. The quantitative estimate of drug-likeness (QED) is 0.444. The fourth-order valence-corrected chi connectivity index (χ4v) is 4.88. The maximum Gasteiger partial charge on any atom is 0.222 e. The number of carbonyl (C=O) groups excluding carboxylic acids is 2. The van der Waals surface area contributed by atoms with Crippen LogP contribution in [0.1, 0.15) is 48.2 Å². The molecule has 0 aliphatic carbocycles. The number of hydrogen-bond acceptors (Lipinski definition) is 4. The summed E-state index contributed by atoms with van der Waals surface area (Å²) in [6.07, 6.45) is 1.51. The van der Waals surface area contributed by atoms with Gasteiger partial charge in [-0.05, 0) is 74.8 Å². The molecule has 0 spiro atoms. The lowest BCUT2D eigenvalue weighted by atomic mass is 9.95. The molecule has 2 aliphatic heterocycles. The molecular formula is C25H28FN3O3S. The Morgan fingerprint density at radius 3 is 2.73 bits per heavy atom. The van der Waals surface area contributed by atoms with Gasteiger partial charge in [0.25, 0.3) is 0 Å². The minimum atomic E-state index is -0.408. The molecule has 1 unspecified atom stereocenters. The van der Waals surface area contributed by atoms with E-state index in [2.05, 4.69) is 16.0 Å². The Morgan fingerprint density at radius 2 is 2.00 bits per heavy atom. The van der Waals surface area contributed by atoms with E-state index in [0.29, 0.717) is 46.9 Å². The first-order valence-electron chi connectivity index (χ1n) is 11.1. The highest BCUT2D eigenvalue weighted by Crippen LogP contribution is 2.41. The predicted octanol–water partition coefficient (Wildman–Crippen LogP) is 3.44. The second kappa shape index (κ2) is 9.47. The normalized spacial score (nSPS) is 21.5. The van der Waals surface area contributed by atoms with Crippen molar-refractivity contribution in [2.24, 2.45) is 0 Å². The maximum atomic E-state index is 14.7. The van der Waals surface area contributed by atoms with Gasteiger partial charge in [-0.2, -0.15) is 0 Å². The van der Waals surface area contributed by atoms with Gasteiger partial charge in [-0.15, -0.1) is 0 Å². The van der Waals surface area contributed by atoms with E-state index in [1.807, 2.05) is 26.0 Å². The first-order valence-corrected chi connectivity index (χ1v) is 11.5. The molecule has 3 N–H and O–H groups in total. The standard InChI is InChI=1S/C25H28FN3O3S/c1-13-6-17-9-19(12-27-23(31)11-18-8-14(2)28-25(33)29-18)32-24(17)21(7-13)20-10-16(15(3)30)4-5-22(20)26/h4-7,10,14,18-19H,8-9,11-12H2,1-3H3,(H,27,31)(H2,28,29,33)/t14-,18+,19?/m1/s1. The summed E-state index contributed by atoms with van der Waals surface area (Å²) in [6, 6.07) is 8.50. The molecule has 2 aliphatic rings. The fourth-order valence-electron chi connectivity index (χ4n) is 4.51. The van der Waals surface area contributed by atoms with Gasteiger partial charge >= 0.3 is 0 Å². The molecule has 4 rings (SSSR count). The van der Waals surface area contributed by atoms with E-state index >= 15 is 0 Å². The molecule has 0 bridgehead atoms. The van der Waals surface area contributed by atoms with Gasteiger partial charge in [0.1, 0.15) is 17.7 Å². The number of ketones is 1. The average Bonchev–Trinajstić information content (AvgIpc) is 3.14. The van der Waals surface area contributed by atoms with Crippen LogP contribution in [-0.2, 0) is 11.2 Å². The van der Waals surface area contributed by atoms with Gasteiger partial charge in [-0.3, -0.25) is 9.59 Å². The monoisotopic (exact) mass is 469 g/mol. The van der Waals surface area contributed by atoms with Crippen LogP contribution in [0.5, 0.6) is 5.75 Å². The molecule has 1 saturated heterocycles. The molecule has 0 saturated carbocycles. The van der Waals surface area contributed by atoms with Crippen molar-refractivity contribution < 1.29 is 18.7 Å². The lowest BCUT2D eigenvalue weighted by Gasteiger charge is -2.30. The average molecular weight is 470 g/mol. The Morgan fingerprint density at radius 1 is 1.21 bits per heavy atom. The van der Waals surface area contributed by atoms with E-state index in [-0.39, 0.29) is 29.9 Å². The summed E-state index contributed by atoms with van der Waals surface area (Å²) in [6.45, 7) is 5.80. The molecule has 2 aromatic rings. The highest BCUT2D eigenvalue weighted by molar-refractivity contribution is 7.80. The van der Waals surface area contributed by atoms with E-state index in [1.165, 1.54) is 19.1 Å². The number of carbonyl (C=O) groups is 2.